The van der Waals surface area contributed by atoms with Crippen molar-refractivity contribution in [3.63, 3.8) is 0 Å². The number of hydrogen-bond donors (Lipinski definition) is 3. The molecular weight excluding hydrogens is 266 g/mol. The van der Waals surface area contributed by atoms with E-state index in [-0.39, 0.29) is 12.5 Å². The lowest BCUT2D eigenvalue weighted by molar-refractivity contribution is -0.121. The number of amides is 1. The van der Waals surface area contributed by atoms with Crippen molar-refractivity contribution in [3.8, 4) is 5.75 Å². The molecule has 6 heteroatoms. The fraction of sp³-hybridized carbons (Fsp3) is 0.500. The maximum atomic E-state index is 13.1. The summed E-state index contributed by atoms with van der Waals surface area (Å²) in [6, 6.07) is 2.12. The second-order valence-corrected chi connectivity index (χ2v) is 5.03. The largest absolute Gasteiger partial charge is 0.503 e. The predicted octanol–water partition coefficient (Wildman–Crippen LogP) is 1.92. The van der Waals surface area contributed by atoms with Crippen LogP contribution >= 0.6 is 0 Å². The van der Waals surface area contributed by atoms with Gasteiger partial charge in [-0.25, -0.2) is 8.78 Å². The SMILES string of the molecule is CC(C)CNC(=O)CCNCc1cc(F)c(O)c(F)c1. The zero-order valence-corrected chi connectivity index (χ0v) is 11.7. The topological polar surface area (TPSA) is 61.4 Å². The van der Waals surface area contributed by atoms with Crippen molar-refractivity contribution in [3.05, 3.63) is 29.3 Å². The number of hydrogen-bond acceptors (Lipinski definition) is 3. The van der Waals surface area contributed by atoms with Crippen LogP contribution in [0.5, 0.6) is 5.75 Å². The molecule has 0 bridgehead atoms. The molecule has 4 nitrogen and oxygen atoms in total. The lowest BCUT2D eigenvalue weighted by Gasteiger charge is -2.09. The molecule has 0 heterocycles. The van der Waals surface area contributed by atoms with Crippen molar-refractivity contribution in [2.45, 2.75) is 26.8 Å². The number of phenolic OH excluding ortho intramolecular Hbond substituents is 1. The van der Waals surface area contributed by atoms with Gasteiger partial charge in [-0.15, -0.1) is 0 Å². The maximum Gasteiger partial charge on any atom is 0.221 e. The van der Waals surface area contributed by atoms with Crippen LogP contribution in [0.1, 0.15) is 25.8 Å². The van der Waals surface area contributed by atoms with Crippen LogP contribution in [-0.2, 0) is 11.3 Å². The number of carbonyl (C=O) groups excluding carboxylic acids is 1. The Labute approximate surface area is 117 Å². The monoisotopic (exact) mass is 286 g/mol. The summed E-state index contributed by atoms with van der Waals surface area (Å²) in [4.78, 5) is 11.4. The second kappa shape index (κ2) is 7.79. The molecule has 0 aliphatic carbocycles. The summed E-state index contributed by atoms with van der Waals surface area (Å²) < 4.78 is 26.1. The fourth-order valence-electron chi connectivity index (χ4n) is 1.56. The molecule has 0 spiro atoms. The highest BCUT2D eigenvalue weighted by Crippen LogP contribution is 2.21. The Bertz CT molecular complexity index is 441. The fourth-order valence-corrected chi connectivity index (χ4v) is 1.56. The Balaban J connectivity index is 2.29. The van der Waals surface area contributed by atoms with Crippen LogP contribution in [0.25, 0.3) is 0 Å². The third-order valence-corrected chi connectivity index (χ3v) is 2.64. The van der Waals surface area contributed by atoms with Crippen LogP contribution in [-0.4, -0.2) is 24.1 Å². The first-order chi connectivity index (χ1) is 9.40. The average molecular weight is 286 g/mol. The van der Waals surface area contributed by atoms with Gasteiger partial charge in [-0.2, -0.15) is 0 Å². The van der Waals surface area contributed by atoms with Gasteiger partial charge >= 0.3 is 0 Å². The van der Waals surface area contributed by atoms with Crippen molar-refractivity contribution >= 4 is 5.91 Å². The van der Waals surface area contributed by atoms with E-state index in [2.05, 4.69) is 10.6 Å². The van der Waals surface area contributed by atoms with E-state index in [1.807, 2.05) is 13.8 Å². The molecule has 0 atom stereocenters. The first-order valence-electron chi connectivity index (χ1n) is 6.54. The number of halogens is 2. The van der Waals surface area contributed by atoms with Gasteiger partial charge in [0.2, 0.25) is 5.91 Å². The molecule has 0 unspecified atom stereocenters. The Kier molecular flexibility index (Phi) is 6.38. The number of aromatic hydroxyl groups is 1. The van der Waals surface area contributed by atoms with E-state index in [0.717, 1.165) is 12.1 Å². The van der Waals surface area contributed by atoms with E-state index in [1.54, 1.807) is 0 Å². The van der Waals surface area contributed by atoms with Crippen molar-refractivity contribution in [1.82, 2.24) is 10.6 Å². The van der Waals surface area contributed by atoms with E-state index >= 15 is 0 Å². The minimum atomic E-state index is -0.989. The summed E-state index contributed by atoms with van der Waals surface area (Å²) in [5.41, 5.74) is 0.375. The minimum absolute atomic E-state index is 0.0609. The molecule has 1 aromatic rings. The summed E-state index contributed by atoms with van der Waals surface area (Å²) in [5.74, 6) is -2.61. The van der Waals surface area contributed by atoms with E-state index < -0.39 is 17.4 Å². The lowest BCUT2D eigenvalue weighted by Crippen LogP contribution is -2.30. The molecule has 0 saturated carbocycles. The van der Waals surface area contributed by atoms with Crippen LogP contribution < -0.4 is 10.6 Å². The van der Waals surface area contributed by atoms with Gasteiger partial charge in [0, 0.05) is 26.1 Å². The highest BCUT2D eigenvalue weighted by Gasteiger charge is 2.09. The van der Waals surface area contributed by atoms with Gasteiger partial charge in [0.25, 0.3) is 0 Å². The molecule has 0 aliphatic heterocycles. The third-order valence-electron chi connectivity index (χ3n) is 2.64. The van der Waals surface area contributed by atoms with Gasteiger partial charge in [0.1, 0.15) is 0 Å². The molecule has 3 N–H and O–H groups in total. The molecule has 1 rings (SSSR count). The van der Waals surface area contributed by atoms with Gasteiger partial charge < -0.3 is 15.7 Å². The molecule has 0 fully saturated rings. The standard InChI is InChI=1S/C14H20F2N2O2/c1-9(2)7-18-13(19)3-4-17-8-10-5-11(15)14(20)12(16)6-10/h5-6,9,17,20H,3-4,7-8H2,1-2H3,(H,18,19). The van der Waals surface area contributed by atoms with Gasteiger partial charge in [-0.3, -0.25) is 4.79 Å². The van der Waals surface area contributed by atoms with Crippen molar-refractivity contribution in [2.24, 2.45) is 5.92 Å². The van der Waals surface area contributed by atoms with Crippen LogP contribution in [0.2, 0.25) is 0 Å². The van der Waals surface area contributed by atoms with E-state index in [1.165, 1.54) is 0 Å². The Morgan fingerprint density at radius 1 is 1.30 bits per heavy atom. The quantitative estimate of drug-likeness (QED) is 0.671. The molecule has 112 valence electrons. The number of benzene rings is 1. The smallest absolute Gasteiger partial charge is 0.221 e. The zero-order chi connectivity index (χ0) is 15.1. The third kappa shape index (κ3) is 5.52. The van der Waals surface area contributed by atoms with Gasteiger partial charge in [-0.1, -0.05) is 13.8 Å². The molecule has 0 saturated heterocycles. The van der Waals surface area contributed by atoms with E-state index in [0.29, 0.717) is 31.0 Å². The summed E-state index contributed by atoms with van der Waals surface area (Å²) in [6.07, 6.45) is 0.301. The summed E-state index contributed by atoms with van der Waals surface area (Å²) >= 11 is 0. The molecule has 1 aromatic carbocycles. The van der Waals surface area contributed by atoms with Gasteiger partial charge in [0.05, 0.1) is 0 Å². The number of carbonyl (C=O) groups is 1. The van der Waals surface area contributed by atoms with Crippen molar-refractivity contribution in [2.75, 3.05) is 13.1 Å². The van der Waals surface area contributed by atoms with Gasteiger partial charge in [-0.05, 0) is 23.6 Å². The summed E-state index contributed by atoms with van der Waals surface area (Å²) in [6.45, 7) is 5.28. The maximum absolute atomic E-state index is 13.1. The Hall–Kier alpha value is -1.69. The van der Waals surface area contributed by atoms with E-state index in [9.17, 15) is 13.6 Å². The predicted molar refractivity (Wildman–Crippen MR) is 72.2 cm³/mol. The number of rotatable bonds is 7. The van der Waals surface area contributed by atoms with Crippen LogP contribution in [0.3, 0.4) is 0 Å². The molecule has 0 aromatic heterocycles. The highest BCUT2D eigenvalue weighted by molar-refractivity contribution is 5.76. The zero-order valence-electron chi connectivity index (χ0n) is 11.7. The van der Waals surface area contributed by atoms with Gasteiger partial charge in [0.15, 0.2) is 17.4 Å². The number of phenols is 1. The lowest BCUT2D eigenvalue weighted by atomic mass is 10.2. The Morgan fingerprint density at radius 2 is 1.90 bits per heavy atom. The molecule has 0 radical (unpaired) electrons. The summed E-state index contributed by atoms with van der Waals surface area (Å²) in [5, 5.41) is 14.6. The number of nitrogens with one attached hydrogen (secondary N) is 2. The molecule has 1 amide bonds. The van der Waals surface area contributed by atoms with Crippen molar-refractivity contribution < 1.29 is 18.7 Å². The average Bonchev–Trinajstić information content (AvgIpc) is 2.38. The van der Waals surface area contributed by atoms with Crippen LogP contribution in [0.4, 0.5) is 8.78 Å². The first kappa shape index (κ1) is 16.4. The first-order valence-corrected chi connectivity index (χ1v) is 6.54. The normalized spacial score (nSPS) is 10.8. The Morgan fingerprint density at radius 3 is 2.45 bits per heavy atom. The van der Waals surface area contributed by atoms with Crippen LogP contribution in [0, 0.1) is 17.6 Å². The second-order valence-electron chi connectivity index (χ2n) is 5.03. The molecule has 0 aliphatic rings. The highest BCUT2D eigenvalue weighted by atomic mass is 19.1. The van der Waals surface area contributed by atoms with Crippen LogP contribution in [0.15, 0.2) is 12.1 Å². The minimum Gasteiger partial charge on any atom is -0.503 e. The van der Waals surface area contributed by atoms with Crippen molar-refractivity contribution in [1.29, 1.82) is 0 Å². The molecular formula is C14H20F2N2O2. The summed E-state index contributed by atoms with van der Waals surface area (Å²) in [7, 11) is 0. The molecule has 20 heavy (non-hydrogen) atoms. The van der Waals surface area contributed by atoms with E-state index in [4.69, 9.17) is 5.11 Å².